The lowest BCUT2D eigenvalue weighted by molar-refractivity contribution is -0.862. The van der Waals surface area contributed by atoms with Crippen molar-refractivity contribution in [2.24, 2.45) is 0 Å². The largest absolute Gasteiger partial charge is 0.322 e. The second-order valence-corrected chi connectivity index (χ2v) is 6.65. The molecule has 0 fully saturated rings. The van der Waals surface area contributed by atoms with Gasteiger partial charge in [-0.15, -0.1) is 0 Å². The lowest BCUT2D eigenvalue weighted by Gasteiger charge is -2.29. The van der Waals surface area contributed by atoms with E-state index in [2.05, 4.69) is 11.4 Å². The SMILES string of the molecule is C[NH+](CC(=O)Nc1cccc(F)c1)CC(=O)N1CCCc2ccccc21. The zero-order valence-corrected chi connectivity index (χ0v) is 14.8. The molecule has 26 heavy (non-hydrogen) atoms. The molecule has 2 amide bonds. The predicted octanol–water partition coefficient (Wildman–Crippen LogP) is 1.26. The van der Waals surface area contributed by atoms with E-state index in [4.69, 9.17) is 0 Å². The molecule has 0 bridgehead atoms. The van der Waals surface area contributed by atoms with Gasteiger partial charge in [0.2, 0.25) is 0 Å². The lowest BCUT2D eigenvalue weighted by atomic mass is 10.0. The first-order chi connectivity index (χ1) is 12.5. The van der Waals surface area contributed by atoms with Crippen LogP contribution in [0.25, 0.3) is 0 Å². The summed E-state index contributed by atoms with van der Waals surface area (Å²) in [7, 11) is 1.80. The molecule has 6 heteroatoms. The third-order valence-electron chi connectivity index (χ3n) is 4.44. The van der Waals surface area contributed by atoms with Gasteiger partial charge in [0.1, 0.15) is 5.82 Å². The fraction of sp³-hybridized carbons (Fsp3) is 0.300. The average molecular weight is 356 g/mol. The highest BCUT2D eigenvalue weighted by molar-refractivity contribution is 5.95. The Labute approximate surface area is 152 Å². The topological polar surface area (TPSA) is 53.9 Å². The number of benzene rings is 2. The second kappa shape index (κ2) is 8.10. The van der Waals surface area contributed by atoms with Crippen molar-refractivity contribution in [3.63, 3.8) is 0 Å². The van der Waals surface area contributed by atoms with Crippen molar-refractivity contribution in [3.8, 4) is 0 Å². The number of quaternary nitrogens is 1. The molecular weight excluding hydrogens is 333 g/mol. The quantitative estimate of drug-likeness (QED) is 0.848. The molecule has 0 aromatic heterocycles. The molecule has 2 aromatic carbocycles. The highest BCUT2D eigenvalue weighted by atomic mass is 19.1. The van der Waals surface area contributed by atoms with Crippen molar-refractivity contribution < 1.29 is 18.9 Å². The van der Waals surface area contributed by atoms with Crippen LogP contribution in [-0.2, 0) is 16.0 Å². The standard InChI is InChI=1S/C20H22FN3O2/c1-23(13-19(25)22-17-9-4-8-16(21)12-17)14-20(26)24-11-5-7-15-6-2-3-10-18(15)24/h2-4,6,8-10,12H,5,7,11,13-14H2,1H3,(H,22,25)/p+1. The van der Waals surface area contributed by atoms with Gasteiger partial charge in [-0.1, -0.05) is 24.3 Å². The Morgan fingerprint density at radius 3 is 2.77 bits per heavy atom. The van der Waals surface area contributed by atoms with E-state index in [1.165, 1.54) is 17.7 Å². The third kappa shape index (κ3) is 4.46. The van der Waals surface area contributed by atoms with Gasteiger partial charge >= 0.3 is 0 Å². The van der Waals surface area contributed by atoms with E-state index in [-0.39, 0.29) is 24.9 Å². The van der Waals surface area contributed by atoms with Crippen LogP contribution in [0, 0.1) is 5.82 Å². The minimum atomic E-state index is -0.401. The summed E-state index contributed by atoms with van der Waals surface area (Å²) in [5, 5.41) is 2.66. The number of fused-ring (bicyclic) bond motifs is 1. The number of hydrogen-bond acceptors (Lipinski definition) is 2. The zero-order valence-electron chi connectivity index (χ0n) is 14.8. The van der Waals surface area contributed by atoms with Crippen LogP contribution < -0.4 is 15.1 Å². The molecular formula is C20H23FN3O2+. The summed E-state index contributed by atoms with van der Waals surface area (Å²) in [5.41, 5.74) is 2.58. The third-order valence-corrected chi connectivity index (χ3v) is 4.44. The minimum absolute atomic E-state index is 0.00760. The molecule has 3 rings (SSSR count). The highest BCUT2D eigenvalue weighted by Gasteiger charge is 2.25. The summed E-state index contributed by atoms with van der Waals surface area (Å²) in [6.07, 6.45) is 1.93. The monoisotopic (exact) mass is 356 g/mol. The summed E-state index contributed by atoms with van der Waals surface area (Å²) in [6, 6.07) is 13.7. The fourth-order valence-electron chi connectivity index (χ4n) is 3.25. The number of nitrogens with zero attached hydrogens (tertiary/aromatic N) is 1. The Hall–Kier alpha value is -2.73. The summed E-state index contributed by atoms with van der Waals surface area (Å²) < 4.78 is 13.2. The number of likely N-dealkylation sites (N-methyl/N-ethyl adjacent to an activating group) is 1. The minimum Gasteiger partial charge on any atom is -0.322 e. The highest BCUT2D eigenvalue weighted by Crippen LogP contribution is 2.26. The number of halogens is 1. The number of rotatable bonds is 5. The Morgan fingerprint density at radius 1 is 1.15 bits per heavy atom. The van der Waals surface area contributed by atoms with Gasteiger partial charge in [0, 0.05) is 17.9 Å². The number of aryl methyl sites for hydroxylation is 1. The molecule has 0 saturated heterocycles. The molecule has 1 atom stereocenters. The van der Waals surface area contributed by atoms with Crippen LogP contribution in [-0.4, -0.2) is 38.5 Å². The molecule has 0 aliphatic carbocycles. The first kappa shape index (κ1) is 18.1. The van der Waals surface area contributed by atoms with Crippen LogP contribution in [0.5, 0.6) is 0 Å². The molecule has 1 aliphatic rings. The summed E-state index contributed by atoms with van der Waals surface area (Å²) in [6.45, 7) is 1.07. The molecule has 2 aromatic rings. The van der Waals surface area contributed by atoms with Crippen LogP contribution in [0.15, 0.2) is 48.5 Å². The number of amides is 2. The first-order valence-corrected chi connectivity index (χ1v) is 8.78. The molecule has 5 nitrogen and oxygen atoms in total. The Bertz CT molecular complexity index is 809. The van der Waals surface area contributed by atoms with Gasteiger partial charge in [-0.05, 0) is 42.7 Å². The van der Waals surface area contributed by atoms with Gasteiger partial charge < -0.3 is 15.1 Å². The van der Waals surface area contributed by atoms with Crippen molar-refractivity contribution in [1.29, 1.82) is 0 Å². The number of para-hydroxylation sites is 1. The van der Waals surface area contributed by atoms with Crippen LogP contribution >= 0.6 is 0 Å². The lowest BCUT2D eigenvalue weighted by Crippen LogP contribution is -3.11. The van der Waals surface area contributed by atoms with Crippen molar-refractivity contribution >= 4 is 23.2 Å². The average Bonchev–Trinajstić information content (AvgIpc) is 2.60. The molecule has 1 unspecified atom stereocenters. The number of hydrogen-bond donors (Lipinski definition) is 2. The summed E-state index contributed by atoms with van der Waals surface area (Å²) in [4.78, 5) is 27.4. The fourth-order valence-corrected chi connectivity index (χ4v) is 3.25. The van der Waals surface area contributed by atoms with Gasteiger partial charge in [-0.25, -0.2) is 4.39 Å². The number of nitrogens with one attached hydrogen (secondary N) is 2. The van der Waals surface area contributed by atoms with E-state index < -0.39 is 5.82 Å². The molecule has 0 spiro atoms. The Morgan fingerprint density at radius 2 is 1.96 bits per heavy atom. The van der Waals surface area contributed by atoms with Crippen LogP contribution in [0.4, 0.5) is 15.8 Å². The van der Waals surface area contributed by atoms with E-state index in [0.717, 1.165) is 23.4 Å². The number of carbonyl (C=O) groups is 2. The maximum atomic E-state index is 13.2. The van der Waals surface area contributed by atoms with Gasteiger partial charge in [-0.3, -0.25) is 9.59 Å². The molecule has 0 radical (unpaired) electrons. The van der Waals surface area contributed by atoms with Gasteiger partial charge in [0.05, 0.1) is 7.05 Å². The maximum absolute atomic E-state index is 13.2. The van der Waals surface area contributed by atoms with E-state index in [9.17, 15) is 14.0 Å². The van der Waals surface area contributed by atoms with Crippen LogP contribution in [0.3, 0.4) is 0 Å². The maximum Gasteiger partial charge on any atom is 0.282 e. The van der Waals surface area contributed by atoms with Crippen molar-refractivity contribution in [2.45, 2.75) is 12.8 Å². The summed E-state index contributed by atoms with van der Waals surface area (Å²) >= 11 is 0. The molecule has 1 aliphatic heterocycles. The van der Waals surface area contributed by atoms with Crippen LogP contribution in [0.2, 0.25) is 0 Å². The molecule has 1 heterocycles. The molecule has 2 N–H and O–H groups in total. The predicted molar refractivity (Wildman–Crippen MR) is 98.8 cm³/mol. The smallest absolute Gasteiger partial charge is 0.282 e. The Kier molecular flexibility index (Phi) is 5.63. The molecule has 136 valence electrons. The van der Waals surface area contributed by atoms with Gasteiger partial charge in [0.15, 0.2) is 13.1 Å². The van der Waals surface area contributed by atoms with E-state index >= 15 is 0 Å². The summed E-state index contributed by atoms with van der Waals surface area (Å²) in [5.74, 6) is -0.643. The zero-order chi connectivity index (χ0) is 18.5. The number of anilines is 2. The van der Waals surface area contributed by atoms with Crippen molar-refractivity contribution in [2.75, 3.05) is 36.9 Å². The van der Waals surface area contributed by atoms with E-state index in [0.29, 0.717) is 12.2 Å². The van der Waals surface area contributed by atoms with Gasteiger partial charge in [0.25, 0.3) is 11.8 Å². The second-order valence-electron chi connectivity index (χ2n) is 6.65. The van der Waals surface area contributed by atoms with Crippen molar-refractivity contribution in [1.82, 2.24) is 0 Å². The first-order valence-electron chi connectivity index (χ1n) is 8.78. The Balaban J connectivity index is 1.55. The normalized spacial score (nSPS) is 14.5. The van der Waals surface area contributed by atoms with E-state index in [1.807, 2.05) is 23.1 Å². The number of carbonyl (C=O) groups excluding carboxylic acids is 2. The van der Waals surface area contributed by atoms with Crippen molar-refractivity contribution in [3.05, 3.63) is 59.9 Å². The van der Waals surface area contributed by atoms with Crippen LogP contribution in [0.1, 0.15) is 12.0 Å². The van der Waals surface area contributed by atoms with Gasteiger partial charge in [-0.2, -0.15) is 0 Å². The van der Waals surface area contributed by atoms with E-state index in [1.54, 1.807) is 19.2 Å². The molecule has 0 saturated carbocycles.